The fraction of sp³-hybridized carbons (Fsp3) is 0.917. The lowest BCUT2D eigenvalue weighted by Gasteiger charge is -2.57. The first-order chi connectivity index (χ1) is 8.96. The van der Waals surface area contributed by atoms with Gasteiger partial charge in [0.05, 0.1) is 12.6 Å². The standard InChI is InChI=1S/C12H21F3N2O3.ClH/c1-4-20-8-5-11(16,10(8,2)3)9(19)17-6-7(18)12(13,14)15;/h7-8,18H,4-6,16H2,1-3H3,(H,17,19);1H. The van der Waals surface area contributed by atoms with Crippen molar-refractivity contribution >= 4 is 18.3 Å². The second-order valence-corrected chi connectivity index (χ2v) is 5.61. The number of ether oxygens (including phenoxy) is 1. The summed E-state index contributed by atoms with van der Waals surface area (Å²) in [6.07, 6.45) is -7.34. The van der Waals surface area contributed by atoms with Gasteiger partial charge in [0.15, 0.2) is 6.10 Å². The highest BCUT2D eigenvalue weighted by atomic mass is 35.5. The van der Waals surface area contributed by atoms with Crippen LogP contribution in [0.15, 0.2) is 0 Å². The summed E-state index contributed by atoms with van der Waals surface area (Å²) in [7, 11) is 0. The van der Waals surface area contributed by atoms with Gasteiger partial charge in [-0.25, -0.2) is 0 Å². The monoisotopic (exact) mass is 334 g/mol. The minimum Gasteiger partial charge on any atom is -0.382 e. The lowest BCUT2D eigenvalue weighted by Crippen LogP contribution is -2.76. The van der Waals surface area contributed by atoms with Crippen LogP contribution in [0.25, 0.3) is 0 Å². The van der Waals surface area contributed by atoms with Crippen molar-refractivity contribution in [2.24, 2.45) is 11.1 Å². The molecular weight excluding hydrogens is 313 g/mol. The van der Waals surface area contributed by atoms with E-state index < -0.39 is 35.7 Å². The van der Waals surface area contributed by atoms with Crippen LogP contribution < -0.4 is 11.1 Å². The maximum Gasteiger partial charge on any atom is 0.416 e. The van der Waals surface area contributed by atoms with Crippen LogP contribution >= 0.6 is 12.4 Å². The fourth-order valence-corrected chi connectivity index (χ4v) is 2.28. The molecule has 21 heavy (non-hydrogen) atoms. The Morgan fingerprint density at radius 2 is 2.05 bits per heavy atom. The van der Waals surface area contributed by atoms with Crippen molar-refractivity contribution in [3.8, 4) is 0 Å². The summed E-state index contributed by atoms with van der Waals surface area (Å²) in [6, 6.07) is 0. The number of nitrogens with one attached hydrogen (secondary N) is 1. The topological polar surface area (TPSA) is 84.6 Å². The second kappa shape index (κ2) is 6.68. The van der Waals surface area contributed by atoms with E-state index in [4.69, 9.17) is 15.6 Å². The summed E-state index contributed by atoms with van der Waals surface area (Å²) in [4.78, 5) is 12.0. The molecule has 0 saturated heterocycles. The minimum atomic E-state index is -4.77. The van der Waals surface area contributed by atoms with Crippen molar-refractivity contribution in [2.75, 3.05) is 13.2 Å². The molecule has 1 aliphatic rings. The average molecular weight is 335 g/mol. The summed E-state index contributed by atoms with van der Waals surface area (Å²) in [5, 5.41) is 10.9. The Morgan fingerprint density at radius 3 is 2.43 bits per heavy atom. The Bertz CT molecular complexity index is 379. The summed E-state index contributed by atoms with van der Waals surface area (Å²) in [5.41, 5.74) is 4.01. The van der Waals surface area contributed by atoms with Gasteiger partial charge in [-0.1, -0.05) is 13.8 Å². The number of aliphatic hydroxyl groups excluding tert-OH is 1. The molecule has 1 saturated carbocycles. The molecule has 4 N–H and O–H groups in total. The molecule has 1 fully saturated rings. The molecule has 0 heterocycles. The number of hydrogen-bond donors (Lipinski definition) is 3. The van der Waals surface area contributed by atoms with E-state index >= 15 is 0 Å². The number of nitrogens with two attached hydrogens (primary N) is 1. The van der Waals surface area contributed by atoms with Crippen LogP contribution in [0.2, 0.25) is 0 Å². The number of carbonyl (C=O) groups is 1. The van der Waals surface area contributed by atoms with E-state index in [1.54, 1.807) is 13.8 Å². The summed E-state index contributed by atoms with van der Waals surface area (Å²) in [6.45, 7) is 4.84. The van der Waals surface area contributed by atoms with Gasteiger partial charge in [-0.05, 0) is 6.92 Å². The number of rotatable bonds is 5. The molecule has 0 aromatic heterocycles. The second-order valence-electron chi connectivity index (χ2n) is 5.61. The first-order valence-corrected chi connectivity index (χ1v) is 6.40. The van der Waals surface area contributed by atoms with Gasteiger partial charge in [-0.2, -0.15) is 13.2 Å². The van der Waals surface area contributed by atoms with Gasteiger partial charge in [0, 0.05) is 18.4 Å². The molecule has 126 valence electrons. The van der Waals surface area contributed by atoms with Crippen LogP contribution in [0, 0.1) is 5.41 Å². The van der Waals surface area contributed by atoms with E-state index in [-0.39, 0.29) is 24.9 Å². The van der Waals surface area contributed by atoms with Gasteiger partial charge in [-0.3, -0.25) is 4.79 Å². The maximum absolute atomic E-state index is 12.2. The molecule has 0 spiro atoms. The molecule has 3 unspecified atom stereocenters. The number of halogens is 4. The van der Waals surface area contributed by atoms with Gasteiger partial charge in [-0.15, -0.1) is 12.4 Å². The number of aliphatic hydroxyl groups is 1. The van der Waals surface area contributed by atoms with Crippen LogP contribution in [0.4, 0.5) is 13.2 Å². The third-order valence-electron chi connectivity index (χ3n) is 4.07. The van der Waals surface area contributed by atoms with Crippen LogP contribution in [0.5, 0.6) is 0 Å². The predicted octanol–water partition coefficient (Wildman–Crippen LogP) is 0.980. The molecule has 0 bridgehead atoms. The molecule has 5 nitrogen and oxygen atoms in total. The number of amides is 1. The quantitative estimate of drug-likeness (QED) is 0.700. The van der Waals surface area contributed by atoms with E-state index in [0.29, 0.717) is 6.61 Å². The normalized spacial score (nSPS) is 29.0. The molecule has 0 aliphatic heterocycles. The molecular formula is C12H22ClF3N2O3. The molecule has 1 rings (SSSR count). The van der Waals surface area contributed by atoms with Crippen LogP contribution in [0.3, 0.4) is 0 Å². The molecule has 0 aromatic carbocycles. The van der Waals surface area contributed by atoms with Crippen molar-refractivity contribution in [3.63, 3.8) is 0 Å². The molecule has 0 radical (unpaired) electrons. The lowest BCUT2D eigenvalue weighted by molar-refractivity contribution is -0.203. The maximum atomic E-state index is 12.2. The Hall–Kier alpha value is -0.570. The number of carbonyl (C=O) groups excluding carboxylic acids is 1. The Labute approximate surface area is 127 Å². The van der Waals surface area contributed by atoms with Crippen molar-refractivity contribution < 1.29 is 27.8 Å². The predicted molar refractivity (Wildman–Crippen MR) is 73.0 cm³/mol. The first kappa shape index (κ1) is 20.4. The Kier molecular flexibility index (Phi) is 6.50. The molecule has 3 atom stereocenters. The van der Waals surface area contributed by atoms with Gasteiger partial charge in [0.25, 0.3) is 0 Å². The van der Waals surface area contributed by atoms with E-state index in [1.807, 2.05) is 6.92 Å². The molecule has 0 aromatic rings. The van der Waals surface area contributed by atoms with Crippen LogP contribution in [-0.2, 0) is 9.53 Å². The fourth-order valence-electron chi connectivity index (χ4n) is 2.28. The zero-order chi connectivity index (χ0) is 15.8. The van der Waals surface area contributed by atoms with Crippen molar-refractivity contribution in [3.05, 3.63) is 0 Å². The van der Waals surface area contributed by atoms with Crippen molar-refractivity contribution in [1.82, 2.24) is 5.32 Å². The Balaban J connectivity index is 0.00000400. The smallest absolute Gasteiger partial charge is 0.382 e. The van der Waals surface area contributed by atoms with Crippen molar-refractivity contribution in [2.45, 2.75) is 51.1 Å². The van der Waals surface area contributed by atoms with Gasteiger partial charge in [0.2, 0.25) is 5.91 Å². The minimum absolute atomic E-state index is 0. The van der Waals surface area contributed by atoms with Gasteiger partial charge < -0.3 is 20.9 Å². The highest BCUT2D eigenvalue weighted by Gasteiger charge is 2.62. The number of alkyl halides is 3. The molecule has 9 heteroatoms. The highest BCUT2D eigenvalue weighted by molar-refractivity contribution is 5.88. The third kappa shape index (κ3) is 3.80. The summed E-state index contributed by atoms with van der Waals surface area (Å²) in [5.74, 6) is -0.707. The van der Waals surface area contributed by atoms with E-state index in [9.17, 15) is 18.0 Å². The Morgan fingerprint density at radius 1 is 1.52 bits per heavy atom. The average Bonchev–Trinajstić information content (AvgIpc) is 2.33. The third-order valence-corrected chi connectivity index (χ3v) is 4.07. The lowest BCUT2D eigenvalue weighted by atomic mass is 9.54. The summed E-state index contributed by atoms with van der Waals surface area (Å²) < 4.78 is 41.9. The van der Waals surface area contributed by atoms with Crippen LogP contribution in [0.1, 0.15) is 27.2 Å². The summed E-state index contributed by atoms with van der Waals surface area (Å²) >= 11 is 0. The SMILES string of the molecule is CCOC1CC(N)(C(=O)NCC(O)C(F)(F)F)C1(C)C.Cl. The molecule has 1 amide bonds. The van der Waals surface area contributed by atoms with E-state index in [0.717, 1.165) is 0 Å². The first-order valence-electron chi connectivity index (χ1n) is 6.40. The van der Waals surface area contributed by atoms with E-state index in [1.165, 1.54) is 0 Å². The zero-order valence-corrected chi connectivity index (χ0v) is 13.0. The number of hydrogen-bond acceptors (Lipinski definition) is 4. The van der Waals surface area contributed by atoms with Gasteiger partial charge >= 0.3 is 6.18 Å². The van der Waals surface area contributed by atoms with Gasteiger partial charge in [0.1, 0.15) is 5.54 Å². The molecule has 1 aliphatic carbocycles. The van der Waals surface area contributed by atoms with Crippen molar-refractivity contribution in [1.29, 1.82) is 0 Å². The van der Waals surface area contributed by atoms with Crippen LogP contribution in [-0.4, -0.2) is 48.1 Å². The zero-order valence-electron chi connectivity index (χ0n) is 12.2. The van der Waals surface area contributed by atoms with E-state index in [2.05, 4.69) is 5.32 Å². The highest BCUT2D eigenvalue weighted by Crippen LogP contribution is 2.49. The largest absolute Gasteiger partial charge is 0.416 e.